The summed E-state index contributed by atoms with van der Waals surface area (Å²) in [5, 5.41) is 12.0. The normalized spacial score (nSPS) is 18.4. The lowest BCUT2D eigenvalue weighted by Gasteiger charge is -2.24. The Labute approximate surface area is 110 Å². The van der Waals surface area contributed by atoms with Crippen molar-refractivity contribution in [1.82, 2.24) is 24.4 Å². The molecule has 6 nitrogen and oxygen atoms in total. The predicted molar refractivity (Wildman–Crippen MR) is 70.9 cm³/mol. The van der Waals surface area contributed by atoms with Crippen LogP contribution in [0.1, 0.15) is 12.1 Å². The minimum Gasteiger partial charge on any atom is -0.365 e. The van der Waals surface area contributed by atoms with E-state index >= 15 is 0 Å². The number of nitrogens with one attached hydrogen (secondary N) is 1. The second kappa shape index (κ2) is 4.08. The van der Waals surface area contributed by atoms with Gasteiger partial charge in [0.1, 0.15) is 5.52 Å². The minimum absolute atomic E-state index is 0.401. The molecule has 0 fully saturated rings. The van der Waals surface area contributed by atoms with Gasteiger partial charge in [-0.05, 0) is 18.6 Å². The van der Waals surface area contributed by atoms with Gasteiger partial charge in [-0.3, -0.25) is 4.68 Å². The number of hydrogen-bond acceptors (Lipinski definition) is 4. The number of aryl methyl sites for hydroxylation is 1. The van der Waals surface area contributed by atoms with Crippen LogP contribution in [-0.4, -0.2) is 30.4 Å². The summed E-state index contributed by atoms with van der Waals surface area (Å²) in [6, 6.07) is 4.46. The van der Waals surface area contributed by atoms with E-state index in [9.17, 15) is 0 Å². The van der Waals surface area contributed by atoms with Crippen LogP contribution in [0.25, 0.3) is 5.52 Å². The average molecular weight is 254 g/mol. The first-order valence-corrected chi connectivity index (χ1v) is 6.46. The van der Waals surface area contributed by atoms with Gasteiger partial charge in [-0.15, -0.1) is 0 Å². The fraction of sp³-hybridized carbons (Fsp3) is 0.308. The van der Waals surface area contributed by atoms with Crippen LogP contribution in [0.4, 0.5) is 5.82 Å². The second-order valence-electron chi connectivity index (χ2n) is 4.82. The molecule has 4 heterocycles. The summed E-state index contributed by atoms with van der Waals surface area (Å²) >= 11 is 0. The van der Waals surface area contributed by atoms with Crippen LogP contribution < -0.4 is 5.32 Å². The van der Waals surface area contributed by atoms with E-state index in [1.165, 1.54) is 5.69 Å². The molecule has 19 heavy (non-hydrogen) atoms. The number of hydrogen-bond donors (Lipinski definition) is 1. The van der Waals surface area contributed by atoms with Crippen molar-refractivity contribution in [3.63, 3.8) is 0 Å². The molecule has 96 valence electrons. The Morgan fingerprint density at radius 2 is 2.11 bits per heavy atom. The number of nitrogens with zero attached hydrogens (tertiary/aromatic N) is 5. The quantitative estimate of drug-likeness (QED) is 0.750. The molecule has 1 aliphatic heterocycles. The zero-order valence-electron chi connectivity index (χ0n) is 10.4. The molecule has 3 aromatic rings. The first-order chi connectivity index (χ1) is 9.40. The monoisotopic (exact) mass is 254 g/mol. The molecule has 1 N–H and O–H groups in total. The van der Waals surface area contributed by atoms with Gasteiger partial charge in [0.2, 0.25) is 0 Å². The van der Waals surface area contributed by atoms with Crippen molar-refractivity contribution in [2.45, 2.75) is 25.4 Å². The third-order valence-electron chi connectivity index (χ3n) is 3.61. The molecule has 0 aliphatic carbocycles. The molecule has 0 saturated heterocycles. The van der Waals surface area contributed by atoms with E-state index in [4.69, 9.17) is 0 Å². The van der Waals surface area contributed by atoms with E-state index in [1.54, 1.807) is 12.4 Å². The first kappa shape index (κ1) is 10.5. The smallest absolute Gasteiger partial charge is 0.152 e. The molecule has 0 radical (unpaired) electrons. The molecule has 0 aromatic carbocycles. The van der Waals surface area contributed by atoms with Gasteiger partial charge in [0, 0.05) is 43.3 Å². The summed E-state index contributed by atoms with van der Waals surface area (Å²) < 4.78 is 3.91. The Morgan fingerprint density at radius 1 is 1.16 bits per heavy atom. The van der Waals surface area contributed by atoms with Crippen LogP contribution in [0.2, 0.25) is 0 Å². The van der Waals surface area contributed by atoms with E-state index in [0.29, 0.717) is 6.04 Å². The summed E-state index contributed by atoms with van der Waals surface area (Å²) in [5.74, 6) is 0.901. The van der Waals surface area contributed by atoms with Crippen molar-refractivity contribution in [3.8, 4) is 0 Å². The van der Waals surface area contributed by atoms with Gasteiger partial charge in [0.15, 0.2) is 5.82 Å². The van der Waals surface area contributed by atoms with E-state index in [0.717, 1.165) is 30.7 Å². The Bertz CT molecular complexity index is 713. The van der Waals surface area contributed by atoms with Crippen LogP contribution in [0.15, 0.2) is 36.9 Å². The highest BCUT2D eigenvalue weighted by Gasteiger charge is 2.19. The van der Waals surface area contributed by atoms with Gasteiger partial charge < -0.3 is 5.32 Å². The SMILES string of the molecule is c1cn2nccc2c(NC2CCn3nccc3C2)n1. The Kier molecular flexibility index (Phi) is 2.26. The van der Waals surface area contributed by atoms with Crippen LogP contribution in [-0.2, 0) is 13.0 Å². The van der Waals surface area contributed by atoms with E-state index in [-0.39, 0.29) is 0 Å². The third-order valence-corrected chi connectivity index (χ3v) is 3.61. The van der Waals surface area contributed by atoms with Gasteiger partial charge in [0.05, 0.1) is 6.20 Å². The fourth-order valence-corrected chi connectivity index (χ4v) is 2.65. The van der Waals surface area contributed by atoms with Crippen LogP contribution >= 0.6 is 0 Å². The first-order valence-electron chi connectivity index (χ1n) is 6.46. The second-order valence-corrected chi connectivity index (χ2v) is 4.82. The number of rotatable bonds is 2. The summed E-state index contributed by atoms with van der Waals surface area (Å²) in [5.41, 5.74) is 2.30. The lowest BCUT2D eigenvalue weighted by Crippen LogP contribution is -2.30. The van der Waals surface area contributed by atoms with Crippen molar-refractivity contribution < 1.29 is 0 Å². The zero-order valence-corrected chi connectivity index (χ0v) is 10.4. The molecule has 3 aromatic heterocycles. The maximum Gasteiger partial charge on any atom is 0.152 e. The lowest BCUT2D eigenvalue weighted by molar-refractivity contribution is 0.455. The van der Waals surface area contributed by atoms with Gasteiger partial charge in [-0.25, -0.2) is 9.50 Å². The maximum atomic E-state index is 4.42. The van der Waals surface area contributed by atoms with E-state index < -0.39 is 0 Å². The molecular weight excluding hydrogens is 240 g/mol. The van der Waals surface area contributed by atoms with Crippen molar-refractivity contribution in [1.29, 1.82) is 0 Å². The highest BCUT2D eigenvalue weighted by atomic mass is 15.3. The molecule has 6 heteroatoms. The number of anilines is 1. The van der Waals surface area contributed by atoms with E-state index in [2.05, 4.69) is 31.2 Å². The summed E-state index contributed by atoms with van der Waals surface area (Å²) in [4.78, 5) is 4.42. The molecule has 1 unspecified atom stereocenters. The number of fused-ring (bicyclic) bond motifs is 2. The van der Waals surface area contributed by atoms with Crippen molar-refractivity contribution in [2.75, 3.05) is 5.32 Å². The van der Waals surface area contributed by atoms with Gasteiger partial charge >= 0.3 is 0 Å². The largest absolute Gasteiger partial charge is 0.365 e. The molecule has 0 saturated carbocycles. The molecular formula is C13H14N6. The van der Waals surface area contributed by atoms with Crippen LogP contribution in [0, 0.1) is 0 Å². The summed E-state index contributed by atoms with van der Waals surface area (Å²) in [6.07, 6.45) is 9.33. The molecule has 1 aliphatic rings. The molecule has 0 amide bonds. The lowest BCUT2D eigenvalue weighted by atomic mass is 10.0. The molecule has 1 atom stereocenters. The molecule has 4 rings (SSSR count). The van der Waals surface area contributed by atoms with Gasteiger partial charge in [-0.1, -0.05) is 0 Å². The van der Waals surface area contributed by atoms with Crippen molar-refractivity contribution >= 4 is 11.3 Å². The Hall–Kier alpha value is -2.37. The maximum absolute atomic E-state index is 4.42. The highest BCUT2D eigenvalue weighted by Crippen LogP contribution is 2.20. The van der Waals surface area contributed by atoms with Crippen molar-refractivity contribution in [2.24, 2.45) is 0 Å². The Morgan fingerprint density at radius 3 is 3.11 bits per heavy atom. The predicted octanol–water partition coefficient (Wildman–Crippen LogP) is 1.35. The van der Waals surface area contributed by atoms with E-state index in [1.807, 2.05) is 23.0 Å². The van der Waals surface area contributed by atoms with Crippen LogP contribution in [0.5, 0.6) is 0 Å². The Balaban J connectivity index is 1.61. The molecule has 0 bridgehead atoms. The van der Waals surface area contributed by atoms with Gasteiger partial charge in [0.25, 0.3) is 0 Å². The zero-order chi connectivity index (χ0) is 12.7. The standard InChI is InChI=1S/C13H14N6/c1-4-15-18-7-3-10(9-11(1)18)17-13-12-2-5-16-19(12)8-6-14-13/h1-2,4-6,8,10H,3,7,9H2,(H,14,17). The van der Waals surface area contributed by atoms with Crippen molar-refractivity contribution in [3.05, 3.63) is 42.6 Å². The summed E-state index contributed by atoms with van der Waals surface area (Å²) in [6.45, 7) is 0.961. The minimum atomic E-state index is 0.401. The van der Waals surface area contributed by atoms with Gasteiger partial charge in [-0.2, -0.15) is 10.2 Å². The third kappa shape index (κ3) is 1.76. The van der Waals surface area contributed by atoms with Crippen LogP contribution in [0.3, 0.4) is 0 Å². The molecule has 0 spiro atoms. The summed E-state index contributed by atoms with van der Waals surface area (Å²) in [7, 11) is 0. The highest BCUT2D eigenvalue weighted by molar-refractivity contribution is 5.67. The number of aromatic nitrogens is 5. The topological polar surface area (TPSA) is 60.0 Å². The fourth-order valence-electron chi connectivity index (χ4n) is 2.65. The average Bonchev–Trinajstić information content (AvgIpc) is 3.06.